The van der Waals surface area contributed by atoms with Crippen LogP contribution in [0.3, 0.4) is 0 Å². The summed E-state index contributed by atoms with van der Waals surface area (Å²) in [7, 11) is 1.33. The van der Waals surface area contributed by atoms with Crippen LogP contribution in [0.15, 0.2) is 30.6 Å². The number of hydrogen-bond acceptors (Lipinski definition) is 4. The van der Waals surface area contributed by atoms with Gasteiger partial charge < -0.3 is 4.74 Å². The third-order valence-corrected chi connectivity index (χ3v) is 2.59. The topological polar surface area (TPSA) is 52.3 Å². The molecule has 5 nitrogen and oxygen atoms in total. The second kappa shape index (κ2) is 4.27. The van der Waals surface area contributed by atoms with Crippen molar-refractivity contribution in [2.75, 3.05) is 7.11 Å². The number of halogens is 2. The van der Waals surface area contributed by atoms with Crippen LogP contribution in [0.2, 0.25) is 0 Å². The van der Waals surface area contributed by atoms with E-state index in [4.69, 9.17) is 4.74 Å². The molecule has 96 valence electrons. The van der Waals surface area contributed by atoms with Crippen LogP contribution in [0.4, 0.5) is 8.78 Å². The minimum absolute atomic E-state index is 0.0589. The van der Waals surface area contributed by atoms with Gasteiger partial charge >= 0.3 is 0 Å². The number of hydrogen-bond donors (Lipinski definition) is 0. The number of ether oxygens (including phenoxy) is 1. The van der Waals surface area contributed by atoms with Gasteiger partial charge in [-0.2, -0.15) is 4.98 Å². The molecule has 0 fully saturated rings. The number of methoxy groups -OCH3 is 1. The summed E-state index contributed by atoms with van der Waals surface area (Å²) in [5, 5.41) is 3.98. The van der Waals surface area contributed by atoms with Gasteiger partial charge in [0.2, 0.25) is 0 Å². The summed E-state index contributed by atoms with van der Waals surface area (Å²) in [4.78, 5) is 7.92. The lowest BCUT2D eigenvalue weighted by Crippen LogP contribution is -1.95. The summed E-state index contributed by atoms with van der Waals surface area (Å²) in [6.07, 6.45) is 3.12. The number of rotatable bonds is 2. The molecule has 0 saturated heterocycles. The van der Waals surface area contributed by atoms with E-state index in [2.05, 4.69) is 15.1 Å². The SMILES string of the molecule is COc1cc(F)c(-c2nc3ncccn3n2)c(F)c1. The van der Waals surface area contributed by atoms with Crippen LogP contribution in [-0.2, 0) is 0 Å². The summed E-state index contributed by atoms with van der Waals surface area (Å²) in [5.41, 5.74) is -0.300. The van der Waals surface area contributed by atoms with Gasteiger partial charge in [0.05, 0.1) is 12.7 Å². The van der Waals surface area contributed by atoms with E-state index in [0.717, 1.165) is 12.1 Å². The molecule has 7 heteroatoms. The van der Waals surface area contributed by atoms with E-state index in [0.29, 0.717) is 0 Å². The summed E-state index contributed by atoms with van der Waals surface area (Å²) in [6, 6.07) is 3.81. The fourth-order valence-electron chi connectivity index (χ4n) is 1.72. The Kier molecular flexibility index (Phi) is 2.59. The highest BCUT2D eigenvalue weighted by molar-refractivity contribution is 5.60. The fraction of sp³-hybridized carbons (Fsp3) is 0.0833. The van der Waals surface area contributed by atoms with E-state index in [-0.39, 0.29) is 22.9 Å². The van der Waals surface area contributed by atoms with Crippen molar-refractivity contribution < 1.29 is 13.5 Å². The van der Waals surface area contributed by atoms with E-state index in [1.807, 2.05) is 0 Å². The number of benzene rings is 1. The molecule has 0 radical (unpaired) electrons. The zero-order valence-electron chi connectivity index (χ0n) is 9.84. The zero-order valence-corrected chi connectivity index (χ0v) is 9.84. The second-order valence-electron chi connectivity index (χ2n) is 3.77. The van der Waals surface area contributed by atoms with Crippen molar-refractivity contribution in [3.8, 4) is 17.1 Å². The molecule has 0 atom stereocenters. The molecule has 0 unspecified atom stereocenters. The van der Waals surface area contributed by atoms with Crippen molar-refractivity contribution >= 4 is 5.78 Å². The average molecular weight is 262 g/mol. The van der Waals surface area contributed by atoms with Crippen LogP contribution in [0.1, 0.15) is 0 Å². The monoisotopic (exact) mass is 262 g/mol. The maximum atomic E-state index is 13.9. The van der Waals surface area contributed by atoms with E-state index >= 15 is 0 Å². The Morgan fingerprint density at radius 3 is 2.58 bits per heavy atom. The fourth-order valence-corrected chi connectivity index (χ4v) is 1.72. The Morgan fingerprint density at radius 2 is 1.95 bits per heavy atom. The largest absolute Gasteiger partial charge is 0.497 e. The minimum Gasteiger partial charge on any atom is -0.497 e. The predicted molar refractivity (Wildman–Crippen MR) is 62.7 cm³/mol. The Bertz CT molecular complexity index is 700. The molecule has 0 aliphatic heterocycles. The first-order chi connectivity index (χ1) is 9.19. The molecule has 0 aliphatic rings. The van der Waals surface area contributed by atoms with E-state index in [1.165, 1.54) is 17.8 Å². The number of nitrogens with zero attached hydrogens (tertiary/aromatic N) is 4. The zero-order chi connectivity index (χ0) is 13.4. The third-order valence-electron chi connectivity index (χ3n) is 2.59. The molecule has 2 aromatic heterocycles. The molecule has 1 aromatic carbocycles. The molecule has 0 aliphatic carbocycles. The Hall–Kier alpha value is -2.57. The maximum absolute atomic E-state index is 13.9. The van der Waals surface area contributed by atoms with E-state index in [1.54, 1.807) is 12.3 Å². The van der Waals surface area contributed by atoms with Crippen LogP contribution < -0.4 is 4.74 Å². The van der Waals surface area contributed by atoms with Crippen molar-refractivity contribution in [3.05, 3.63) is 42.2 Å². The lowest BCUT2D eigenvalue weighted by Gasteiger charge is -2.04. The maximum Gasteiger partial charge on any atom is 0.252 e. The van der Waals surface area contributed by atoms with Gasteiger partial charge in [0.25, 0.3) is 5.78 Å². The van der Waals surface area contributed by atoms with Crippen molar-refractivity contribution in [3.63, 3.8) is 0 Å². The van der Waals surface area contributed by atoms with Crippen molar-refractivity contribution in [1.82, 2.24) is 19.6 Å². The quantitative estimate of drug-likeness (QED) is 0.709. The summed E-state index contributed by atoms with van der Waals surface area (Å²) < 4.78 is 33.9. The van der Waals surface area contributed by atoms with Crippen LogP contribution in [0.5, 0.6) is 5.75 Å². The van der Waals surface area contributed by atoms with Crippen LogP contribution in [0, 0.1) is 11.6 Å². The molecule has 0 N–H and O–H groups in total. The predicted octanol–water partition coefficient (Wildman–Crippen LogP) is 2.08. The summed E-state index contributed by atoms with van der Waals surface area (Å²) >= 11 is 0. The molecular weight excluding hydrogens is 254 g/mol. The van der Waals surface area contributed by atoms with Crippen LogP contribution in [-0.4, -0.2) is 26.7 Å². The highest BCUT2D eigenvalue weighted by atomic mass is 19.1. The molecule has 0 amide bonds. The van der Waals surface area contributed by atoms with E-state index < -0.39 is 11.6 Å². The molecule has 19 heavy (non-hydrogen) atoms. The van der Waals surface area contributed by atoms with Gasteiger partial charge in [-0.05, 0) is 6.07 Å². The van der Waals surface area contributed by atoms with Crippen molar-refractivity contribution in [1.29, 1.82) is 0 Å². The van der Waals surface area contributed by atoms with Crippen LogP contribution >= 0.6 is 0 Å². The first kappa shape index (κ1) is 11.5. The van der Waals surface area contributed by atoms with Gasteiger partial charge in [0, 0.05) is 24.5 Å². The first-order valence-corrected chi connectivity index (χ1v) is 5.40. The van der Waals surface area contributed by atoms with Crippen LogP contribution in [0.25, 0.3) is 17.2 Å². The summed E-state index contributed by atoms with van der Waals surface area (Å²) in [6.45, 7) is 0. The Balaban J connectivity index is 2.21. The molecule has 0 spiro atoms. The molecular formula is C12H8F2N4O. The van der Waals surface area contributed by atoms with Gasteiger partial charge in [0.15, 0.2) is 5.82 Å². The lowest BCUT2D eigenvalue weighted by atomic mass is 10.2. The normalized spacial score (nSPS) is 10.9. The highest BCUT2D eigenvalue weighted by Crippen LogP contribution is 2.27. The molecule has 0 saturated carbocycles. The molecule has 3 aromatic rings. The first-order valence-electron chi connectivity index (χ1n) is 5.40. The van der Waals surface area contributed by atoms with Gasteiger partial charge in [-0.3, -0.25) is 0 Å². The Labute approximate surface area is 106 Å². The van der Waals surface area contributed by atoms with E-state index in [9.17, 15) is 8.78 Å². The Morgan fingerprint density at radius 1 is 1.21 bits per heavy atom. The standard InChI is InChI=1S/C12H8F2N4O/c1-19-7-5-8(13)10(9(14)6-7)11-16-12-15-3-2-4-18(12)17-11/h2-6H,1H3. The average Bonchev–Trinajstić information content (AvgIpc) is 2.80. The van der Waals surface area contributed by atoms with Gasteiger partial charge in [-0.25, -0.2) is 18.3 Å². The van der Waals surface area contributed by atoms with Crippen molar-refractivity contribution in [2.24, 2.45) is 0 Å². The molecule has 2 heterocycles. The smallest absolute Gasteiger partial charge is 0.252 e. The van der Waals surface area contributed by atoms with Gasteiger partial charge in [-0.1, -0.05) is 0 Å². The van der Waals surface area contributed by atoms with Crippen molar-refractivity contribution in [2.45, 2.75) is 0 Å². The number of fused-ring (bicyclic) bond motifs is 1. The second-order valence-corrected chi connectivity index (χ2v) is 3.77. The molecule has 3 rings (SSSR count). The van der Waals surface area contributed by atoms with Gasteiger partial charge in [-0.15, -0.1) is 5.10 Å². The third kappa shape index (κ3) is 1.88. The highest BCUT2D eigenvalue weighted by Gasteiger charge is 2.18. The molecule has 0 bridgehead atoms. The lowest BCUT2D eigenvalue weighted by molar-refractivity contribution is 0.407. The van der Waals surface area contributed by atoms with Gasteiger partial charge in [0.1, 0.15) is 17.4 Å². The number of aromatic nitrogens is 4. The summed E-state index contributed by atoms with van der Waals surface area (Å²) in [5.74, 6) is -1.26. The minimum atomic E-state index is -0.784.